The normalized spacial score (nSPS) is 14.3. The maximum atomic E-state index is 13.2. The van der Waals surface area contributed by atoms with Gasteiger partial charge < -0.3 is 9.47 Å². The number of imide groups is 2. The van der Waals surface area contributed by atoms with Crippen molar-refractivity contribution in [3.63, 3.8) is 0 Å². The summed E-state index contributed by atoms with van der Waals surface area (Å²) in [5.41, 5.74) is 0.108. The number of hydrogen-bond acceptors (Lipinski definition) is 9. The summed E-state index contributed by atoms with van der Waals surface area (Å²) in [6.45, 7) is 1.85. The van der Waals surface area contributed by atoms with Crippen molar-refractivity contribution in [2.45, 2.75) is 6.92 Å². The van der Waals surface area contributed by atoms with Crippen molar-refractivity contribution < 1.29 is 33.7 Å². The molecule has 3 aromatic rings. The van der Waals surface area contributed by atoms with Crippen molar-refractivity contribution in [1.82, 2.24) is 5.32 Å². The molecule has 1 fully saturated rings. The molecule has 4 amide bonds. The lowest BCUT2D eigenvalue weighted by Gasteiger charge is -2.26. The molecule has 1 aliphatic heterocycles. The Bertz CT molecular complexity index is 1590. The van der Waals surface area contributed by atoms with E-state index in [0.717, 1.165) is 28.7 Å². The Morgan fingerprint density at radius 3 is 2.26 bits per heavy atom. The van der Waals surface area contributed by atoms with Crippen LogP contribution in [0.3, 0.4) is 0 Å². The first-order chi connectivity index (χ1) is 18.5. The molecule has 0 atom stereocenters. The second-order valence-corrected chi connectivity index (χ2v) is 9.26. The number of benzene rings is 3. The summed E-state index contributed by atoms with van der Waals surface area (Å²) in [7, 11) is 1.32. The minimum atomic E-state index is -0.885. The lowest BCUT2D eigenvalue weighted by atomic mass is 10.1. The molecule has 0 aromatic heterocycles. The molecule has 1 saturated heterocycles. The highest BCUT2D eigenvalue weighted by Crippen LogP contribution is 2.41. The van der Waals surface area contributed by atoms with E-state index in [1.165, 1.54) is 25.3 Å². The largest absolute Gasteiger partial charge is 0.493 e. The molecule has 14 heteroatoms. The third kappa shape index (κ3) is 5.54. The van der Waals surface area contributed by atoms with Crippen molar-refractivity contribution in [2.24, 2.45) is 0 Å². The third-order valence-electron chi connectivity index (χ3n) is 5.52. The van der Waals surface area contributed by atoms with Gasteiger partial charge in [-0.05, 0) is 71.5 Å². The number of aryl methyl sites for hydroxylation is 1. The number of nitro benzene ring substituents is 2. The highest BCUT2D eigenvalue weighted by molar-refractivity contribution is 14.1. The number of anilines is 1. The van der Waals surface area contributed by atoms with Crippen LogP contribution in [0.25, 0.3) is 6.08 Å². The Kier molecular flexibility index (Phi) is 7.57. The zero-order valence-corrected chi connectivity index (χ0v) is 22.3. The molecule has 1 N–H and O–H groups in total. The quantitative estimate of drug-likeness (QED) is 0.124. The number of barbiturate groups is 1. The highest BCUT2D eigenvalue weighted by atomic mass is 127. The zero-order valence-electron chi connectivity index (χ0n) is 20.2. The number of amides is 4. The van der Waals surface area contributed by atoms with Crippen LogP contribution in [0.1, 0.15) is 11.1 Å². The van der Waals surface area contributed by atoms with E-state index in [1.54, 1.807) is 24.3 Å². The summed E-state index contributed by atoms with van der Waals surface area (Å²) in [5, 5.41) is 24.7. The van der Waals surface area contributed by atoms with Crippen molar-refractivity contribution in [3.8, 4) is 17.2 Å². The van der Waals surface area contributed by atoms with Crippen molar-refractivity contribution in [1.29, 1.82) is 0 Å². The lowest BCUT2D eigenvalue weighted by Crippen LogP contribution is -2.54. The van der Waals surface area contributed by atoms with Crippen molar-refractivity contribution >= 4 is 63.6 Å². The van der Waals surface area contributed by atoms with E-state index in [9.17, 15) is 34.6 Å². The maximum Gasteiger partial charge on any atom is 0.335 e. The van der Waals surface area contributed by atoms with Gasteiger partial charge in [0.25, 0.3) is 17.5 Å². The molecule has 1 aliphatic rings. The summed E-state index contributed by atoms with van der Waals surface area (Å²) >= 11 is 1.87. The molecule has 3 aromatic carbocycles. The van der Waals surface area contributed by atoms with Crippen LogP contribution >= 0.6 is 22.6 Å². The molecule has 39 heavy (non-hydrogen) atoms. The van der Waals surface area contributed by atoms with Gasteiger partial charge in [-0.3, -0.25) is 35.1 Å². The van der Waals surface area contributed by atoms with Gasteiger partial charge in [0.2, 0.25) is 5.75 Å². The SMILES string of the molecule is COc1cc(/C=C2\C(=O)NC(=O)N(c3ccc(C)cc3)C2=O)cc(I)c1Oc1ccc([N+](=O)[O-])cc1[N+](=O)[O-]. The number of methoxy groups -OCH3 is 1. The predicted octanol–water partition coefficient (Wildman–Crippen LogP) is 4.88. The molecule has 4 rings (SSSR count). The number of carbonyl (C=O) groups excluding carboxylic acids is 3. The first-order valence-electron chi connectivity index (χ1n) is 11.0. The number of non-ortho nitro benzene ring substituents is 1. The Morgan fingerprint density at radius 2 is 1.64 bits per heavy atom. The lowest BCUT2D eigenvalue weighted by molar-refractivity contribution is -0.394. The predicted molar refractivity (Wildman–Crippen MR) is 146 cm³/mol. The Morgan fingerprint density at radius 1 is 0.949 bits per heavy atom. The number of halogens is 1. The number of nitrogens with one attached hydrogen (secondary N) is 1. The fraction of sp³-hybridized carbons (Fsp3) is 0.0800. The van der Waals surface area contributed by atoms with Crippen LogP contribution in [0.2, 0.25) is 0 Å². The van der Waals surface area contributed by atoms with Crippen LogP contribution in [-0.2, 0) is 9.59 Å². The number of carbonyl (C=O) groups is 3. The van der Waals surface area contributed by atoms with Gasteiger partial charge in [0.1, 0.15) is 5.57 Å². The monoisotopic (exact) mass is 644 g/mol. The fourth-order valence-electron chi connectivity index (χ4n) is 3.63. The minimum Gasteiger partial charge on any atom is -0.493 e. The topological polar surface area (TPSA) is 171 Å². The van der Waals surface area contributed by atoms with Crippen LogP contribution in [-0.4, -0.2) is 34.8 Å². The van der Waals surface area contributed by atoms with Gasteiger partial charge in [-0.25, -0.2) is 9.69 Å². The van der Waals surface area contributed by atoms with E-state index in [1.807, 2.05) is 29.5 Å². The van der Waals surface area contributed by atoms with Crippen LogP contribution in [0.15, 0.2) is 60.2 Å². The second kappa shape index (κ2) is 10.9. The summed E-state index contributed by atoms with van der Waals surface area (Å²) < 4.78 is 11.5. The first-order valence-corrected chi connectivity index (χ1v) is 12.0. The van der Waals surface area contributed by atoms with Crippen LogP contribution in [0, 0.1) is 30.7 Å². The Labute approximate surface area is 233 Å². The van der Waals surface area contributed by atoms with E-state index in [0.29, 0.717) is 9.13 Å². The number of nitro groups is 2. The molecular formula is C25H17IN4O9. The van der Waals surface area contributed by atoms with Crippen LogP contribution < -0.4 is 19.7 Å². The number of urea groups is 1. The second-order valence-electron chi connectivity index (χ2n) is 8.10. The van der Waals surface area contributed by atoms with Crippen molar-refractivity contribution in [3.05, 3.63) is 95.1 Å². The maximum absolute atomic E-state index is 13.2. The van der Waals surface area contributed by atoms with Gasteiger partial charge in [0, 0.05) is 6.07 Å². The first kappa shape index (κ1) is 27.2. The van der Waals surface area contributed by atoms with Crippen molar-refractivity contribution in [2.75, 3.05) is 12.0 Å². The smallest absolute Gasteiger partial charge is 0.335 e. The molecule has 0 saturated carbocycles. The average Bonchev–Trinajstić information content (AvgIpc) is 2.88. The van der Waals surface area contributed by atoms with Crippen LogP contribution in [0.5, 0.6) is 17.2 Å². The fourth-order valence-corrected chi connectivity index (χ4v) is 4.37. The zero-order chi connectivity index (χ0) is 28.4. The van der Waals surface area contributed by atoms with E-state index in [2.05, 4.69) is 5.32 Å². The number of hydrogen-bond donors (Lipinski definition) is 1. The summed E-state index contributed by atoms with van der Waals surface area (Å²) in [4.78, 5) is 59.9. The molecule has 198 valence electrons. The van der Waals surface area contributed by atoms with Gasteiger partial charge in [0.05, 0.1) is 32.3 Å². The standard InChI is InChI=1S/C25H17IN4O9/c1-13-3-5-15(6-4-13)28-24(32)17(23(31)27-25(28)33)9-14-10-18(26)22(21(11-14)38-2)39-20-8-7-16(29(34)35)12-19(20)30(36)37/h3-12H,1-2H3,(H,27,31,33)/b17-9+. The molecule has 0 radical (unpaired) electrons. The van der Waals surface area contributed by atoms with Gasteiger partial charge in [0.15, 0.2) is 11.5 Å². The summed E-state index contributed by atoms with van der Waals surface area (Å²) in [6.07, 6.45) is 1.27. The molecule has 1 heterocycles. The van der Waals surface area contributed by atoms with Gasteiger partial charge in [-0.1, -0.05) is 17.7 Å². The Balaban J connectivity index is 1.71. The number of rotatable bonds is 7. The molecule has 0 spiro atoms. The van der Waals surface area contributed by atoms with Gasteiger partial charge in [-0.15, -0.1) is 0 Å². The molecule has 0 aliphatic carbocycles. The summed E-state index contributed by atoms with van der Waals surface area (Å²) in [5.74, 6) is -1.82. The van der Waals surface area contributed by atoms with E-state index in [-0.39, 0.29) is 28.5 Å². The summed E-state index contributed by atoms with van der Waals surface area (Å²) in [6, 6.07) is 11.6. The van der Waals surface area contributed by atoms with Crippen LogP contribution in [0.4, 0.5) is 21.9 Å². The molecule has 0 bridgehead atoms. The van der Waals surface area contributed by atoms with E-state index in [4.69, 9.17) is 9.47 Å². The number of ether oxygens (including phenoxy) is 2. The molecular weight excluding hydrogens is 627 g/mol. The Hall–Kier alpha value is -4.86. The van der Waals surface area contributed by atoms with E-state index >= 15 is 0 Å². The van der Waals surface area contributed by atoms with Gasteiger partial charge in [-0.2, -0.15) is 0 Å². The third-order valence-corrected chi connectivity index (χ3v) is 6.32. The van der Waals surface area contributed by atoms with E-state index < -0.39 is 39.1 Å². The molecule has 13 nitrogen and oxygen atoms in total. The van der Waals surface area contributed by atoms with Gasteiger partial charge >= 0.3 is 11.7 Å². The minimum absolute atomic E-state index is 0.0630. The average molecular weight is 644 g/mol. The highest BCUT2D eigenvalue weighted by Gasteiger charge is 2.37. The number of nitrogens with zero attached hydrogens (tertiary/aromatic N) is 3. The molecule has 0 unspecified atom stereocenters.